The molecule has 1 radical (unpaired) electrons. The zero-order chi connectivity index (χ0) is 35.7. The van der Waals surface area contributed by atoms with Crippen LogP contribution in [-0.2, 0) is 26.5 Å². The molecule has 0 fully saturated rings. The molecular weight excluding hydrogens is 833 g/mol. The molecule has 5 nitrogen and oxygen atoms in total. The van der Waals surface area contributed by atoms with Crippen LogP contribution in [0, 0.1) is 18.1 Å². The predicted molar refractivity (Wildman–Crippen MR) is 215 cm³/mol. The van der Waals surface area contributed by atoms with E-state index in [-0.39, 0.29) is 20.1 Å². The van der Waals surface area contributed by atoms with Gasteiger partial charge in [0.1, 0.15) is 0 Å². The number of nitrogens with zero attached hydrogens (tertiary/aromatic N) is 4. The fourth-order valence-electron chi connectivity index (χ4n) is 6.64. The van der Waals surface area contributed by atoms with Gasteiger partial charge in [-0.05, 0) is 65.5 Å². The number of furan rings is 1. The monoisotopic (exact) mass is 877 g/mol. The third-order valence-corrected chi connectivity index (χ3v) is 11.2. The van der Waals surface area contributed by atoms with E-state index in [4.69, 9.17) is 14.4 Å². The van der Waals surface area contributed by atoms with E-state index in [1.807, 2.05) is 66.7 Å². The number of imidazole rings is 1. The van der Waals surface area contributed by atoms with Crippen molar-refractivity contribution in [2.24, 2.45) is 5.92 Å². The van der Waals surface area contributed by atoms with Crippen LogP contribution >= 0.6 is 0 Å². The summed E-state index contributed by atoms with van der Waals surface area (Å²) in [6.45, 7) is 16.0. The van der Waals surface area contributed by atoms with Gasteiger partial charge in [-0.2, -0.15) is 0 Å². The molecule has 4 heterocycles. The Morgan fingerprint density at radius 3 is 2.23 bits per heavy atom. The molecule has 0 bridgehead atoms. The number of pyridine rings is 2. The van der Waals surface area contributed by atoms with Gasteiger partial charge in [0.2, 0.25) is 5.71 Å². The van der Waals surface area contributed by atoms with Gasteiger partial charge >= 0.3 is 0 Å². The molecule has 0 amide bonds. The van der Waals surface area contributed by atoms with Crippen molar-refractivity contribution in [2.45, 2.75) is 59.7 Å². The van der Waals surface area contributed by atoms with E-state index in [1.165, 1.54) is 10.8 Å². The van der Waals surface area contributed by atoms with Gasteiger partial charge in [0, 0.05) is 43.1 Å². The first-order chi connectivity index (χ1) is 24.6. The minimum absolute atomic E-state index is 0. The normalized spacial score (nSPS) is 11.6. The molecule has 4 aromatic heterocycles. The molecule has 0 unspecified atom stereocenters. The molecule has 0 aliphatic heterocycles. The SMILES string of the molecule is CC(C)Cc1cc(-c2[c-]cccc2)ncc1[Si](C)(C)C.CC(C)c1ccc2c(n1)oc1c(-c3nc4ccccc4n3-c3ccccc3)[c-]ccc12.[Ir]. The van der Waals surface area contributed by atoms with Gasteiger partial charge in [0.15, 0.2) is 0 Å². The van der Waals surface area contributed by atoms with Gasteiger partial charge < -0.3 is 14.0 Å². The minimum Gasteiger partial charge on any atom is -0.486 e. The van der Waals surface area contributed by atoms with Crippen molar-refractivity contribution in [1.29, 1.82) is 0 Å². The zero-order valence-corrected chi connectivity index (χ0v) is 34.3. The fourth-order valence-corrected chi connectivity index (χ4v) is 8.23. The summed E-state index contributed by atoms with van der Waals surface area (Å²) in [7, 11) is -1.34. The maximum absolute atomic E-state index is 6.32. The Kier molecular flexibility index (Phi) is 11.1. The van der Waals surface area contributed by atoms with Crippen molar-refractivity contribution in [3.8, 4) is 28.3 Å². The smallest absolute Gasteiger partial charge is 0.216 e. The number of rotatable bonds is 7. The van der Waals surface area contributed by atoms with Gasteiger partial charge in [-0.3, -0.25) is 4.98 Å². The second-order valence-electron chi connectivity index (χ2n) is 14.9. The molecule has 0 saturated carbocycles. The quantitative estimate of drug-likeness (QED) is 0.118. The third kappa shape index (κ3) is 7.59. The van der Waals surface area contributed by atoms with Gasteiger partial charge in [-0.15, -0.1) is 54.1 Å². The fraction of sp³-hybridized carbons (Fsp3) is 0.222. The van der Waals surface area contributed by atoms with E-state index in [9.17, 15) is 0 Å². The maximum atomic E-state index is 6.32. The van der Waals surface area contributed by atoms with Crippen molar-refractivity contribution in [1.82, 2.24) is 19.5 Å². The Morgan fingerprint density at radius 1 is 0.769 bits per heavy atom. The zero-order valence-electron chi connectivity index (χ0n) is 30.9. The summed E-state index contributed by atoms with van der Waals surface area (Å²) in [6.07, 6.45) is 3.24. The topological polar surface area (TPSA) is 56.7 Å². The van der Waals surface area contributed by atoms with E-state index in [0.717, 1.165) is 67.8 Å². The van der Waals surface area contributed by atoms with Crippen LogP contribution in [0.25, 0.3) is 61.4 Å². The van der Waals surface area contributed by atoms with Crippen LogP contribution in [0.4, 0.5) is 0 Å². The van der Waals surface area contributed by atoms with Crippen molar-refractivity contribution >= 4 is 46.4 Å². The molecule has 52 heavy (non-hydrogen) atoms. The molecule has 0 N–H and O–H groups in total. The Balaban J connectivity index is 0.000000193. The largest absolute Gasteiger partial charge is 0.486 e. The van der Waals surface area contributed by atoms with Crippen molar-refractivity contribution < 1.29 is 24.5 Å². The molecule has 4 aromatic carbocycles. The summed E-state index contributed by atoms with van der Waals surface area (Å²) in [6, 6.07) is 43.6. The minimum atomic E-state index is -1.34. The van der Waals surface area contributed by atoms with E-state index < -0.39 is 8.07 Å². The number of fused-ring (bicyclic) bond motifs is 4. The first-order valence-electron chi connectivity index (χ1n) is 17.8. The van der Waals surface area contributed by atoms with E-state index in [0.29, 0.717) is 17.5 Å². The average molecular weight is 877 g/mol. The molecule has 8 rings (SSSR count). The molecule has 0 aliphatic rings. The molecule has 0 aliphatic carbocycles. The van der Waals surface area contributed by atoms with Crippen LogP contribution in [0.3, 0.4) is 0 Å². The molecule has 8 aromatic rings. The molecular formula is C45H44IrN4OSi-2. The Morgan fingerprint density at radius 2 is 1.52 bits per heavy atom. The van der Waals surface area contributed by atoms with Gasteiger partial charge in [-0.25, -0.2) is 4.98 Å². The summed E-state index contributed by atoms with van der Waals surface area (Å²) >= 11 is 0. The first-order valence-corrected chi connectivity index (χ1v) is 21.3. The first kappa shape index (κ1) is 37.1. The Labute approximate surface area is 321 Å². The number of hydrogen-bond donors (Lipinski definition) is 0. The van der Waals surface area contributed by atoms with E-state index >= 15 is 0 Å². The van der Waals surface area contributed by atoms with Crippen LogP contribution < -0.4 is 5.19 Å². The van der Waals surface area contributed by atoms with Crippen LogP contribution in [0.5, 0.6) is 0 Å². The average Bonchev–Trinajstić information content (AvgIpc) is 3.70. The number of aromatic nitrogens is 4. The van der Waals surface area contributed by atoms with Gasteiger partial charge in [0.05, 0.1) is 30.5 Å². The molecule has 0 spiro atoms. The third-order valence-electron chi connectivity index (χ3n) is 9.12. The summed E-state index contributed by atoms with van der Waals surface area (Å²) < 4.78 is 8.49. The molecule has 7 heteroatoms. The second kappa shape index (κ2) is 15.5. The molecule has 0 saturated heterocycles. The summed E-state index contributed by atoms with van der Waals surface area (Å²) in [4.78, 5) is 14.4. The summed E-state index contributed by atoms with van der Waals surface area (Å²) in [5, 5.41) is 3.53. The summed E-state index contributed by atoms with van der Waals surface area (Å²) in [5.41, 5.74) is 9.91. The van der Waals surface area contributed by atoms with E-state index in [2.05, 4.69) is 118 Å². The van der Waals surface area contributed by atoms with E-state index in [1.54, 1.807) is 0 Å². The van der Waals surface area contributed by atoms with Gasteiger partial charge in [0.25, 0.3) is 0 Å². The number of benzene rings is 4. The number of para-hydroxylation sites is 3. The predicted octanol–water partition coefficient (Wildman–Crippen LogP) is 11.2. The number of hydrogen-bond acceptors (Lipinski definition) is 4. The van der Waals surface area contributed by atoms with Crippen LogP contribution in [0.2, 0.25) is 19.6 Å². The molecule has 265 valence electrons. The molecule has 0 atom stereocenters. The van der Waals surface area contributed by atoms with Gasteiger partial charge in [-0.1, -0.05) is 100 Å². The van der Waals surface area contributed by atoms with Crippen molar-refractivity contribution in [2.75, 3.05) is 0 Å². The van der Waals surface area contributed by atoms with Crippen LogP contribution in [0.1, 0.15) is 44.9 Å². The van der Waals surface area contributed by atoms with Crippen molar-refractivity contribution in [3.63, 3.8) is 0 Å². The Bertz CT molecular complexity index is 2440. The van der Waals surface area contributed by atoms with Crippen LogP contribution in [0.15, 0.2) is 120 Å². The van der Waals surface area contributed by atoms with Crippen molar-refractivity contribution in [3.05, 3.63) is 139 Å². The summed E-state index contributed by atoms with van der Waals surface area (Å²) in [5.74, 6) is 1.81. The standard InChI is InChI=1S/C27H20N3O.C18H24NSi.Ir/c1-17(2)22-16-15-20-19-11-8-12-21(25(19)31-27(20)29-22)26-28-23-13-6-7-14-24(23)30(26)18-9-4-3-5-10-18;1-14(2)11-16-12-17(15-9-7-6-8-10-15)19-13-18(16)20(3,4)5;/h3-11,13-17H,1-2H3;6-9,12-14H,11H2,1-5H3;/q2*-1;. The van der Waals surface area contributed by atoms with Crippen LogP contribution in [-0.4, -0.2) is 27.6 Å². The maximum Gasteiger partial charge on any atom is 0.216 e. The second-order valence-corrected chi connectivity index (χ2v) is 19.9. The Hall–Kier alpha value is -4.68.